The molecule has 1 saturated heterocycles. The van der Waals surface area contributed by atoms with Gasteiger partial charge in [-0.25, -0.2) is 0 Å². The van der Waals surface area contributed by atoms with Gasteiger partial charge in [-0.3, -0.25) is 0 Å². The molecule has 0 aliphatic carbocycles. The summed E-state index contributed by atoms with van der Waals surface area (Å²) in [6.45, 7) is 4.85. The van der Waals surface area contributed by atoms with Crippen molar-refractivity contribution < 1.29 is 19.7 Å². The molecule has 1 heterocycles. The number of aromatic hydroxyl groups is 1. The van der Waals surface area contributed by atoms with Crippen LogP contribution >= 0.6 is 0 Å². The third kappa shape index (κ3) is 3.06. The zero-order chi connectivity index (χ0) is 14.8. The number of methoxy groups -OCH3 is 1. The summed E-state index contributed by atoms with van der Waals surface area (Å²) >= 11 is 0. The second kappa shape index (κ2) is 5.99. The van der Waals surface area contributed by atoms with E-state index in [1.807, 2.05) is 26.0 Å². The molecule has 1 fully saturated rings. The highest BCUT2D eigenvalue weighted by atomic mass is 16.5. The fourth-order valence-electron chi connectivity index (χ4n) is 2.46. The van der Waals surface area contributed by atoms with Gasteiger partial charge >= 0.3 is 0 Å². The maximum atomic E-state index is 10.4. The predicted molar refractivity (Wildman–Crippen MR) is 76.1 cm³/mol. The number of rotatable bonds is 5. The van der Waals surface area contributed by atoms with E-state index in [2.05, 4.69) is 5.32 Å². The van der Waals surface area contributed by atoms with E-state index < -0.39 is 5.60 Å². The van der Waals surface area contributed by atoms with Gasteiger partial charge in [-0.05, 0) is 19.9 Å². The lowest BCUT2D eigenvalue weighted by Gasteiger charge is -2.28. The number of phenolic OH excluding ortho intramolecular Hbond substituents is 1. The highest BCUT2D eigenvalue weighted by molar-refractivity contribution is 5.41. The van der Waals surface area contributed by atoms with Gasteiger partial charge in [0.05, 0.1) is 13.2 Å². The van der Waals surface area contributed by atoms with E-state index in [1.54, 1.807) is 13.2 Å². The molecule has 0 aromatic heterocycles. The van der Waals surface area contributed by atoms with Crippen molar-refractivity contribution >= 4 is 0 Å². The SMILES string of the molecule is COc1ccc(C(C)NCC2(O)CCOC2C)c(O)c1. The van der Waals surface area contributed by atoms with E-state index >= 15 is 0 Å². The molecule has 5 nitrogen and oxygen atoms in total. The molecule has 112 valence electrons. The Bertz CT molecular complexity index is 465. The Balaban J connectivity index is 2.00. The van der Waals surface area contributed by atoms with Gasteiger partial charge in [-0.2, -0.15) is 0 Å². The number of hydrogen-bond acceptors (Lipinski definition) is 5. The van der Waals surface area contributed by atoms with Gasteiger partial charge < -0.3 is 25.0 Å². The molecule has 5 heteroatoms. The van der Waals surface area contributed by atoms with Crippen molar-refractivity contribution in [3.63, 3.8) is 0 Å². The van der Waals surface area contributed by atoms with Crippen LogP contribution in [0.25, 0.3) is 0 Å². The lowest BCUT2D eigenvalue weighted by Crippen LogP contribution is -2.46. The topological polar surface area (TPSA) is 71.0 Å². The summed E-state index contributed by atoms with van der Waals surface area (Å²) in [5.41, 5.74) is -0.0583. The zero-order valence-corrected chi connectivity index (χ0v) is 12.2. The van der Waals surface area contributed by atoms with Crippen molar-refractivity contribution in [2.45, 2.75) is 38.0 Å². The number of benzene rings is 1. The summed E-state index contributed by atoms with van der Waals surface area (Å²) in [6.07, 6.45) is 0.453. The van der Waals surface area contributed by atoms with E-state index in [0.717, 1.165) is 5.56 Å². The van der Waals surface area contributed by atoms with Crippen molar-refractivity contribution in [2.75, 3.05) is 20.3 Å². The largest absolute Gasteiger partial charge is 0.507 e. The van der Waals surface area contributed by atoms with Crippen LogP contribution in [0.5, 0.6) is 11.5 Å². The van der Waals surface area contributed by atoms with Crippen LogP contribution in [0.15, 0.2) is 18.2 Å². The van der Waals surface area contributed by atoms with E-state index in [1.165, 1.54) is 0 Å². The van der Waals surface area contributed by atoms with Crippen LogP contribution in [-0.2, 0) is 4.74 Å². The molecule has 1 aromatic rings. The van der Waals surface area contributed by atoms with Crippen LogP contribution in [0.2, 0.25) is 0 Å². The number of ether oxygens (including phenoxy) is 2. The monoisotopic (exact) mass is 281 g/mol. The molecule has 20 heavy (non-hydrogen) atoms. The molecular formula is C15H23NO4. The van der Waals surface area contributed by atoms with Gasteiger partial charge in [0.15, 0.2) is 0 Å². The first kappa shape index (κ1) is 15.1. The average molecular weight is 281 g/mol. The van der Waals surface area contributed by atoms with E-state index in [-0.39, 0.29) is 17.9 Å². The summed E-state index contributed by atoms with van der Waals surface area (Å²) in [7, 11) is 1.56. The molecule has 0 amide bonds. The van der Waals surface area contributed by atoms with Gasteiger partial charge in [-0.1, -0.05) is 6.07 Å². The lowest BCUT2D eigenvalue weighted by molar-refractivity contribution is -0.0274. The minimum Gasteiger partial charge on any atom is -0.507 e. The van der Waals surface area contributed by atoms with Crippen LogP contribution < -0.4 is 10.1 Å². The Labute approximate surface area is 119 Å². The van der Waals surface area contributed by atoms with E-state index in [0.29, 0.717) is 25.3 Å². The zero-order valence-electron chi connectivity index (χ0n) is 12.2. The number of phenols is 1. The Morgan fingerprint density at radius 3 is 2.85 bits per heavy atom. The van der Waals surface area contributed by atoms with E-state index in [4.69, 9.17) is 9.47 Å². The number of nitrogens with one attached hydrogen (secondary N) is 1. The van der Waals surface area contributed by atoms with Gasteiger partial charge in [-0.15, -0.1) is 0 Å². The van der Waals surface area contributed by atoms with Gasteiger partial charge in [0.25, 0.3) is 0 Å². The minimum atomic E-state index is -0.837. The van der Waals surface area contributed by atoms with Gasteiger partial charge in [0, 0.05) is 37.2 Å². The summed E-state index contributed by atoms with van der Waals surface area (Å²) in [6, 6.07) is 5.15. The van der Waals surface area contributed by atoms with Crippen molar-refractivity contribution in [3.05, 3.63) is 23.8 Å². The second-order valence-electron chi connectivity index (χ2n) is 5.39. The van der Waals surface area contributed by atoms with E-state index in [9.17, 15) is 10.2 Å². The predicted octanol–water partition coefficient (Wildman–Crippen LogP) is 1.59. The highest BCUT2D eigenvalue weighted by Crippen LogP contribution is 2.30. The normalized spacial score (nSPS) is 27.5. The van der Waals surface area contributed by atoms with Gasteiger partial charge in [0.1, 0.15) is 17.1 Å². The van der Waals surface area contributed by atoms with Crippen molar-refractivity contribution in [3.8, 4) is 11.5 Å². The smallest absolute Gasteiger partial charge is 0.124 e. The molecule has 1 aliphatic heterocycles. The molecule has 1 aromatic carbocycles. The molecule has 2 rings (SSSR count). The van der Waals surface area contributed by atoms with Crippen molar-refractivity contribution in [1.82, 2.24) is 5.32 Å². The third-order valence-corrected chi connectivity index (χ3v) is 4.08. The molecule has 3 atom stereocenters. The molecule has 3 unspecified atom stereocenters. The molecule has 0 radical (unpaired) electrons. The summed E-state index contributed by atoms with van der Waals surface area (Å²) in [5, 5.41) is 23.7. The van der Waals surface area contributed by atoms with Crippen LogP contribution in [0, 0.1) is 0 Å². The summed E-state index contributed by atoms with van der Waals surface area (Å²) < 4.78 is 10.5. The number of hydrogen-bond donors (Lipinski definition) is 3. The van der Waals surface area contributed by atoms with Crippen molar-refractivity contribution in [1.29, 1.82) is 0 Å². The summed E-state index contributed by atoms with van der Waals surface area (Å²) in [5.74, 6) is 0.807. The maximum absolute atomic E-state index is 10.4. The Morgan fingerprint density at radius 2 is 2.30 bits per heavy atom. The van der Waals surface area contributed by atoms with Crippen LogP contribution in [-0.4, -0.2) is 42.2 Å². The minimum absolute atomic E-state index is 0.0715. The van der Waals surface area contributed by atoms with Crippen molar-refractivity contribution in [2.24, 2.45) is 0 Å². The first-order valence-corrected chi connectivity index (χ1v) is 6.90. The summed E-state index contributed by atoms with van der Waals surface area (Å²) in [4.78, 5) is 0. The molecule has 0 bridgehead atoms. The van der Waals surface area contributed by atoms with Crippen LogP contribution in [0.4, 0.5) is 0 Å². The van der Waals surface area contributed by atoms with Crippen LogP contribution in [0.3, 0.4) is 0 Å². The first-order chi connectivity index (χ1) is 9.46. The first-order valence-electron chi connectivity index (χ1n) is 6.90. The molecule has 1 aliphatic rings. The van der Waals surface area contributed by atoms with Gasteiger partial charge in [0.2, 0.25) is 0 Å². The Morgan fingerprint density at radius 1 is 1.55 bits per heavy atom. The molecule has 3 N–H and O–H groups in total. The lowest BCUT2D eigenvalue weighted by atomic mass is 9.96. The molecule has 0 spiro atoms. The molecular weight excluding hydrogens is 258 g/mol. The Kier molecular flexibility index (Phi) is 4.52. The fourth-order valence-corrected chi connectivity index (χ4v) is 2.46. The maximum Gasteiger partial charge on any atom is 0.124 e. The molecule has 0 saturated carbocycles. The standard InChI is InChI=1S/C15H23NO4/c1-10(13-5-4-12(19-3)8-14(13)17)16-9-15(18)6-7-20-11(15)2/h4-5,8,10-11,16-18H,6-7,9H2,1-3H3. The van der Waals surface area contributed by atoms with Crippen LogP contribution in [0.1, 0.15) is 31.9 Å². The number of aliphatic hydroxyl groups is 1. The quantitative estimate of drug-likeness (QED) is 0.764. The second-order valence-corrected chi connectivity index (χ2v) is 5.39. The average Bonchev–Trinajstić information content (AvgIpc) is 2.76. The fraction of sp³-hybridized carbons (Fsp3) is 0.600. The Hall–Kier alpha value is -1.30. The highest BCUT2D eigenvalue weighted by Gasteiger charge is 2.39. The third-order valence-electron chi connectivity index (χ3n) is 4.08.